The van der Waals surface area contributed by atoms with Crippen LogP contribution in [-0.2, 0) is 18.9 Å². The van der Waals surface area contributed by atoms with Gasteiger partial charge in [0.15, 0.2) is 0 Å². The van der Waals surface area contributed by atoms with Crippen LogP contribution in [-0.4, -0.2) is 83.2 Å². The van der Waals surface area contributed by atoms with E-state index in [1.54, 1.807) is 19.1 Å². The highest BCUT2D eigenvalue weighted by Crippen LogP contribution is 2.44. The van der Waals surface area contributed by atoms with Crippen LogP contribution in [0.1, 0.15) is 32.1 Å². The van der Waals surface area contributed by atoms with E-state index in [0.717, 1.165) is 25.2 Å². The first kappa shape index (κ1) is 20.0. The molecule has 27 heavy (non-hydrogen) atoms. The smallest absolute Gasteiger partial charge is 0.110 e. The molecule has 11 atom stereocenters. The van der Waals surface area contributed by atoms with Gasteiger partial charge in [0.1, 0.15) is 6.10 Å². The van der Waals surface area contributed by atoms with Crippen LogP contribution in [0, 0.1) is 23.7 Å². The summed E-state index contributed by atoms with van der Waals surface area (Å²) in [7, 11) is 7.08. The Labute approximate surface area is 163 Å². The summed E-state index contributed by atoms with van der Waals surface area (Å²) in [6.07, 6.45) is 5.42. The third-order valence-corrected chi connectivity index (χ3v) is 8.41. The van der Waals surface area contributed by atoms with Gasteiger partial charge in [-0.1, -0.05) is 0 Å². The number of hydrogen-bond donors (Lipinski definition) is 2. The number of hydrogen-bond acceptors (Lipinski definition) is 5. The molecule has 0 amide bonds. The maximum Gasteiger partial charge on any atom is 0.110 e. The summed E-state index contributed by atoms with van der Waals surface area (Å²) in [6.45, 7) is 2.44. The van der Waals surface area contributed by atoms with E-state index in [-0.39, 0.29) is 24.4 Å². The fourth-order valence-electron chi connectivity index (χ4n) is 7.09. The maximum absolute atomic E-state index is 11.2. The Kier molecular flexibility index (Phi) is 6.12. The summed E-state index contributed by atoms with van der Waals surface area (Å²) in [6, 6.07) is 0.534. The average molecular weight is 385 g/mol. The zero-order valence-electron chi connectivity index (χ0n) is 17.3. The van der Waals surface area contributed by atoms with Gasteiger partial charge in [-0.25, -0.2) is 0 Å². The SMILES string of the molecule is COC1CC2CC3C4C(CC[NH+]3CC2CC1OC)CC(OC)C(OC)C4O. The van der Waals surface area contributed by atoms with Crippen LogP contribution in [0.15, 0.2) is 0 Å². The van der Waals surface area contributed by atoms with Gasteiger partial charge in [-0.2, -0.15) is 0 Å². The third kappa shape index (κ3) is 3.47. The van der Waals surface area contributed by atoms with Crippen molar-refractivity contribution in [2.45, 2.75) is 68.7 Å². The van der Waals surface area contributed by atoms with E-state index in [1.165, 1.54) is 25.9 Å². The molecule has 0 aromatic rings. The number of quaternary nitrogens is 1. The second kappa shape index (κ2) is 8.25. The van der Waals surface area contributed by atoms with Crippen molar-refractivity contribution in [3.8, 4) is 0 Å². The molecule has 2 aliphatic carbocycles. The quantitative estimate of drug-likeness (QED) is 0.722. The predicted octanol–water partition coefficient (Wildman–Crippen LogP) is 0.131. The second-order valence-electron chi connectivity index (χ2n) is 9.32. The number of aliphatic hydroxyl groups is 1. The van der Waals surface area contributed by atoms with Gasteiger partial charge in [0.25, 0.3) is 0 Å². The van der Waals surface area contributed by atoms with Crippen LogP contribution >= 0.6 is 0 Å². The summed E-state index contributed by atoms with van der Waals surface area (Å²) in [5.41, 5.74) is 0. The zero-order valence-corrected chi connectivity index (χ0v) is 17.3. The van der Waals surface area contributed by atoms with Crippen molar-refractivity contribution in [1.29, 1.82) is 0 Å². The van der Waals surface area contributed by atoms with Gasteiger partial charge in [0.05, 0.1) is 43.5 Å². The number of ether oxygens (including phenoxy) is 4. The number of piperidine rings is 2. The van der Waals surface area contributed by atoms with Crippen molar-refractivity contribution >= 4 is 0 Å². The third-order valence-electron chi connectivity index (χ3n) is 8.41. The molecule has 0 bridgehead atoms. The highest BCUT2D eigenvalue weighted by Gasteiger charge is 2.56. The average Bonchev–Trinajstić information content (AvgIpc) is 2.70. The summed E-state index contributed by atoms with van der Waals surface area (Å²) in [4.78, 5) is 1.70. The lowest BCUT2D eigenvalue weighted by atomic mass is 9.61. The van der Waals surface area contributed by atoms with Gasteiger partial charge in [-0.3, -0.25) is 0 Å². The highest BCUT2D eigenvalue weighted by atomic mass is 16.5. The lowest BCUT2D eigenvalue weighted by molar-refractivity contribution is -0.948. The van der Waals surface area contributed by atoms with E-state index in [4.69, 9.17) is 18.9 Å². The Hall–Kier alpha value is -0.240. The topological polar surface area (TPSA) is 61.6 Å². The molecule has 2 aliphatic heterocycles. The molecule has 2 heterocycles. The van der Waals surface area contributed by atoms with Crippen molar-refractivity contribution < 1.29 is 29.0 Å². The van der Waals surface area contributed by atoms with Crippen molar-refractivity contribution in [2.75, 3.05) is 41.5 Å². The van der Waals surface area contributed by atoms with Crippen LogP contribution in [0.2, 0.25) is 0 Å². The fraction of sp³-hybridized carbons (Fsp3) is 1.00. The molecule has 6 heteroatoms. The molecule has 4 aliphatic rings. The lowest BCUT2D eigenvalue weighted by Crippen LogP contribution is -3.20. The number of nitrogens with one attached hydrogen (secondary N) is 1. The summed E-state index contributed by atoms with van der Waals surface area (Å²) >= 11 is 0. The minimum absolute atomic E-state index is 0.0131. The number of fused-ring (bicyclic) bond motifs is 4. The minimum atomic E-state index is -0.427. The largest absolute Gasteiger partial charge is 0.390 e. The van der Waals surface area contributed by atoms with E-state index < -0.39 is 6.10 Å². The van der Waals surface area contributed by atoms with Crippen molar-refractivity contribution in [1.82, 2.24) is 0 Å². The predicted molar refractivity (Wildman–Crippen MR) is 101 cm³/mol. The summed E-state index contributed by atoms with van der Waals surface area (Å²) in [5, 5.41) is 11.2. The molecule has 4 rings (SSSR count). The first-order chi connectivity index (χ1) is 13.1. The van der Waals surface area contributed by atoms with Crippen LogP contribution in [0.3, 0.4) is 0 Å². The minimum Gasteiger partial charge on any atom is -0.390 e. The molecule has 2 saturated carbocycles. The maximum atomic E-state index is 11.2. The Morgan fingerprint density at radius 2 is 1.37 bits per heavy atom. The van der Waals surface area contributed by atoms with E-state index >= 15 is 0 Å². The van der Waals surface area contributed by atoms with Crippen LogP contribution in [0.25, 0.3) is 0 Å². The first-order valence-electron chi connectivity index (χ1n) is 10.7. The molecule has 0 radical (unpaired) electrons. The van der Waals surface area contributed by atoms with Gasteiger partial charge in [-0.05, 0) is 31.1 Å². The highest BCUT2D eigenvalue weighted by molar-refractivity contribution is 5.01. The van der Waals surface area contributed by atoms with Crippen LogP contribution in [0.4, 0.5) is 0 Å². The standard InChI is InChI=1S/C21H37NO5/c1-24-16-9-13-7-15-19-12(8-18(26-3)21(27-4)20(19)23)5-6-22(15)11-14(13)10-17(16)25-2/h12-21,23H,5-11H2,1-4H3/p+1. The van der Waals surface area contributed by atoms with E-state index in [9.17, 15) is 5.11 Å². The molecule has 11 unspecified atom stereocenters. The van der Waals surface area contributed by atoms with E-state index in [2.05, 4.69) is 0 Å². The summed E-state index contributed by atoms with van der Waals surface area (Å²) in [5.74, 6) is 2.28. The van der Waals surface area contributed by atoms with Crippen LogP contribution < -0.4 is 4.90 Å². The Bertz CT molecular complexity index is 505. The van der Waals surface area contributed by atoms with Crippen molar-refractivity contribution in [3.05, 3.63) is 0 Å². The Balaban J connectivity index is 1.52. The number of aliphatic hydroxyl groups excluding tert-OH is 1. The molecule has 0 spiro atoms. The molecule has 0 aromatic heterocycles. The molecule has 0 aromatic carbocycles. The van der Waals surface area contributed by atoms with Crippen molar-refractivity contribution in [2.24, 2.45) is 23.7 Å². The lowest BCUT2D eigenvalue weighted by Gasteiger charge is -2.55. The normalized spacial score (nSPS) is 52.6. The van der Waals surface area contributed by atoms with E-state index in [0.29, 0.717) is 23.8 Å². The second-order valence-corrected chi connectivity index (χ2v) is 9.32. The van der Waals surface area contributed by atoms with Crippen molar-refractivity contribution in [3.63, 3.8) is 0 Å². The van der Waals surface area contributed by atoms with Crippen LogP contribution in [0.5, 0.6) is 0 Å². The zero-order chi connectivity index (χ0) is 19.1. The number of methoxy groups -OCH3 is 4. The number of rotatable bonds is 4. The molecular weight excluding hydrogens is 346 g/mol. The summed E-state index contributed by atoms with van der Waals surface area (Å²) < 4.78 is 22.8. The van der Waals surface area contributed by atoms with Gasteiger partial charge < -0.3 is 29.0 Å². The van der Waals surface area contributed by atoms with Gasteiger partial charge in [0, 0.05) is 53.1 Å². The molecule has 6 nitrogen and oxygen atoms in total. The molecule has 4 fully saturated rings. The first-order valence-corrected chi connectivity index (χ1v) is 10.7. The monoisotopic (exact) mass is 384 g/mol. The molecule has 2 N–H and O–H groups in total. The van der Waals surface area contributed by atoms with E-state index in [1.807, 2.05) is 14.2 Å². The van der Waals surface area contributed by atoms with Gasteiger partial charge in [0.2, 0.25) is 0 Å². The Morgan fingerprint density at radius 1 is 0.741 bits per heavy atom. The molecule has 156 valence electrons. The molecular formula is C21H38NO5+. The van der Waals surface area contributed by atoms with Gasteiger partial charge >= 0.3 is 0 Å². The fourth-order valence-corrected chi connectivity index (χ4v) is 7.09. The Morgan fingerprint density at radius 3 is 2.00 bits per heavy atom. The molecule has 2 saturated heterocycles. The van der Waals surface area contributed by atoms with Gasteiger partial charge in [-0.15, -0.1) is 0 Å².